The maximum Gasteiger partial charge on any atom is 0.287 e. The SMILES string of the molecule is NCc1ccc(C(=O)NCC2CCOCC2)o1. The molecule has 1 amide bonds. The number of furan rings is 1. The fourth-order valence-electron chi connectivity index (χ4n) is 1.88. The molecule has 0 bridgehead atoms. The van der Waals surface area contributed by atoms with Crippen LogP contribution in [0.15, 0.2) is 16.5 Å². The fraction of sp³-hybridized carbons (Fsp3) is 0.583. The van der Waals surface area contributed by atoms with Gasteiger partial charge in [-0.15, -0.1) is 0 Å². The first-order valence-electron chi connectivity index (χ1n) is 5.94. The Labute approximate surface area is 100 Å². The Kier molecular flexibility index (Phi) is 4.17. The third-order valence-corrected chi connectivity index (χ3v) is 2.98. The monoisotopic (exact) mass is 238 g/mol. The molecule has 0 atom stereocenters. The van der Waals surface area contributed by atoms with Crippen LogP contribution in [0, 0.1) is 5.92 Å². The lowest BCUT2D eigenvalue weighted by atomic mass is 10.0. The molecule has 17 heavy (non-hydrogen) atoms. The Morgan fingerprint density at radius 3 is 2.82 bits per heavy atom. The van der Waals surface area contributed by atoms with Gasteiger partial charge in [0.25, 0.3) is 5.91 Å². The summed E-state index contributed by atoms with van der Waals surface area (Å²) >= 11 is 0. The third-order valence-electron chi connectivity index (χ3n) is 2.98. The Balaban J connectivity index is 1.80. The average molecular weight is 238 g/mol. The van der Waals surface area contributed by atoms with E-state index in [0.717, 1.165) is 26.1 Å². The number of nitrogens with one attached hydrogen (secondary N) is 1. The van der Waals surface area contributed by atoms with Crippen molar-refractivity contribution in [2.24, 2.45) is 11.7 Å². The summed E-state index contributed by atoms with van der Waals surface area (Å²) in [6, 6.07) is 3.38. The molecular formula is C12H18N2O3. The van der Waals surface area contributed by atoms with Gasteiger partial charge in [0, 0.05) is 19.8 Å². The van der Waals surface area contributed by atoms with Gasteiger partial charge in [-0.1, -0.05) is 0 Å². The van der Waals surface area contributed by atoms with Crippen molar-refractivity contribution in [1.82, 2.24) is 5.32 Å². The molecule has 2 rings (SSSR count). The van der Waals surface area contributed by atoms with E-state index in [9.17, 15) is 4.79 Å². The van der Waals surface area contributed by atoms with Crippen LogP contribution in [-0.4, -0.2) is 25.7 Å². The van der Waals surface area contributed by atoms with Gasteiger partial charge in [0.05, 0.1) is 6.54 Å². The highest BCUT2D eigenvalue weighted by molar-refractivity contribution is 5.91. The van der Waals surface area contributed by atoms with Crippen LogP contribution in [0.5, 0.6) is 0 Å². The summed E-state index contributed by atoms with van der Waals surface area (Å²) in [6.07, 6.45) is 2.01. The van der Waals surface area contributed by atoms with E-state index in [0.29, 0.717) is 30.5 Å². The van der Waals surface area contributed by atoms with E-state index in [4.69, 9.17) is 14.9 Å². The van der Waals surface area contributed by atoms with Gasteiger partial charge in [0.1, 0.15) is 5.76 Å². The second kappa shape index (κ2) is 5.84. The Morgan fingerprint density at radius 1 is 1.41 bits per heavy atom. The molecule has 0 aliphatic carbocycles. The van der Waals surface area contributed by atoms with Crippen LogP contribution >= 0.6 is 0 Å². The van der Waals surface area contributed by atoms with E-state index in [1.807, 2.05) is 0 Å². The smallest absolute Gasteiger partial charge is 0.287 e. The van der Waals surface area contributed by atoms with Gasteiger partial charge in [0.15, 0.2) is 5.76 Å². The molecule has 1 aliphatic heterocycles. The minimum Gasteiger partial charge on any atom is -0.455 e. The van der Waals surface area contributed by atoms with Gasteiger partial charge in [-0.3, -0.25) is 4.79 Å². The summed E-state index contributed by atoms with van der Waals surface area (Å²) in [6.45, 7) is 2.57. The first-order valence-corrected chi connectivity index (χ1v) is 5.94. The summed E-state index contributed by atoms with van der Waals surface area (Å²) in [5.74, 6) is 1.30. The number of nitrogens with two attached hydrogens (primary N) is 1. The van der Waals surface area contributed by atoms with E-state index in [-0.39, 0.29) is 5.91 Å². The number of carbonyl (C=O) groups is 1. The van der Waals surface area contributed by atoms with Crippen molar-refractivity contribution in [2.75, 3.05) is 19.8 Å². The second-order valence-corrected chi connectivity index (χ2v) is 4.24. The molecular weight excluding hydrogens is 220 g/mol. The second-order valence-electron chi connectivity index (χ2n) is 4.24. The normalized spacial score (nSPS) is 17.0. The topological polar surface area (TPSA) is 77.5 Å². The van der Waals surface area contributed by atoms with Crippen LogP contribution < -0.4 is 11.1 Å². The van der Waals surface area contributed by atoms with Crippen molar-refractivity contribution in [1.29, 1.82) is 0 Å². The molecule has 0 radical (unpaired) electrons. The van der Waals surface area contributed by atoms with Crippen molar-refractivity contribution in [3.63, 3.8) is 0 Å². The number of hydrogen-bond acceptors (Lipinski definition) is 4. The molecule has 0 unspecified atom stereocenters. The van der Waals surface area contributed by atoms with Gasteiger partial charge in [0.2, 0.25) is 0 Å². The predicted molar refractivity (Wildman–Crippen MR) is 62.5 cm³/mol. The number of ether oxygens (including phenoxy) is 1. The lowest BCUT2D eigenvalue weighted by Crippen LogP contribution is -2.31. The maximum absolute atomic E-state index is 11.7. The zero-order valence-corrected chi connectivity index (χ0v) is 9.78. The minimum absolute atomic E-state index is 0.170. The number of amides is 1. The number of hydrogen-bond donors (Lipinski definition) is 2. The summed E-state index contributed by atoms with van der Waals surface area (Å²) in [7, 11) is 0. The molecule has 1 aromatic rings. The molecule has 5 heteroatoms. The lowest BCUT2D eigenvalue weighted by Gasteiger charge is -2.21. The van der Waals surface area contributed by atoms with E-state index >= 15 is 0 Å². The summed E-state index contributed by atoms with van der Waals surface area (Å²) < 4.78 is 10.5. The molecule has 1 aliphatic rings. The predicted octanol–water partition coefficient (Wildman–Crippen LogP) is 0.895. The van der Waals surface area contributed by atoms with Crippen LogP contribution in [0.1, 0.15) is 29.2 Å². The van der Waals surface area contributed by atoms with Gasteiger partial charge in [-0.05, 0) is 30.9 Å². The molecule has 3 N–H and O–H groups in total. The van der Waals surface area contributed by atoms with Crippen molar-refractivity contribution in [2.45, 2.75) is 19.4 Å². The number of rotatable bonds is 4. The average Bonchev–Trinajstić information content (AvgIpc) is 2.86. The van der Waals surface area contributed by atoms with Crippen molar-refractivity contribution in [3.8, 4) is 0 Å². The van der Waals surface area contributed by atoms with Crippen LogP contribution in [-0.2, 0) is 11.3 Å². The van der Waals surface area contributed by atoms with Crippen molar-refractivity contribution >= 4 is 5.91 Å². The molecule has 0 spiro atoms. The summed E-state index contributed by atoms with van der Waals surface area (Å²) in [4.78, 5) is 11.7. The Hall–Kier alpha value is -1.33. The largest absolute Gasteiger partial charge is 0.455 e. The van der Waals surface area contributed by atoms with Crippen LogP contribution in [0.25, 0.3) is 0 Å². The van der Waals surface area contributed by atoms with E-state index < -0.39 is 0 Å². The van der Waals surface area contributed by atoms with Crippen LogP contribution in [0.3, 0.4) is 0 Å². The third kappa shape index (κ3) is 3.31. The molecule has 94 valence electrons. The first-order chi connectivity index (χ1) is 8.29. The van der Waals surface area contributed by atoms with E-state index in [2.05, 4.69) is 5.32 Å². The number of carbonyl (C=O) groups excluding carboxylic acids is 1. The molecule has 5 nitrogen and oxygen atoms in total. The van der Waals surface area contributed by atoms with Gasteiger partial charge >= 0.3 is 0 Å². The van der Waals surface area contributed by atoms with Crippen LogP contribution in [0.2, 0.25) is 0 Å². The molecule has 1 fully saturated rings. The Bertz CT molecular complexity index is 370. The van der Waals surface area contributed by atoms with Gasteiger partial charge in [-0.2, -0.15) is 0 Å². The zero-order chi connectivity index (χ0) is 12.1. The fourth-order valence-corrected chi connectivity index (χ4v) is 1.88. The zero-order valence-electron chi connectivity index (χ0n) is 9.78. The standard InChI is InChI=1S/C12H18N2O3/c13-7-10-1-2-11(17-10)12(15)14-8-9-3-5-16-6-4-9/h1-2,9H,3-8,13H2,(H,14,15). The molecule has 0 aromatic carbocycles. The molecule has 2 heterocycles. The highest BCUT2D eigenvalue weighted by atomic mass is 16.5. The summed E-state index contributed by atoms with van der Waals surface area (Å²) in [5, 5.41) is 2.88. The molecule has 1 aromatic heterocycles. The van der Waals surface area contributed by atoms with Crippen molar-refractivity contribution in [3.05, 3.63) is 23.7 Å². The van der Waals surface area contributed by atoms with Crippen molar-refractivity contribution < 1.29 is 13.9 Å². The molecule has 0 saturated carbocycles. The van der Waals surface area contributed by atoms with Gasteiger partial charge in [-0.25, -0.2) is 0 Å². The highest BCUT2D eigenvalue weighted by Gasteiger charge is 2.16. The summed E-state index contributed by atoms with van der Waals surface area (Å²) in [5.41, 5.74) is 5.41. The first kappa shape index (κ1) is 12.1. The van der Waals surface area contributed by atoms with Crippen LogP contribution in [0.4, 0.5) is 0 Å². The minimum atomic E-state index is -0.170. The lowest BCUT2D eigenvalue weighted by molar-refractivity contribution is 0.0638. The Morgan fingerprint density at radius 2 is 2.18 bits per heavy atom. The van der Waals surface area contributed by atoms with E-state index in [1.54, 1.807) is 12.1 Å². The van der Waals surface area contributed by atoms with Gasteiger partial charge < -0.3 is 20.2 Å². The molecule has 1 saturated heterocycles. The maximum atomic E-state index is 11.7. The highest BCUT2D eigenvalue weighted by Crippen LogP contribution is 2.14. The quantitative estimate of drug-likeness (QED) is 0.816. The van der Waals surface area contributed by atoms with E-state index in [1.165, 1.54) is 0 Å².